The lowest BCUT2D eigenvalue weighted by molar-refractivity contribution is -0.137. The van der Waals surface area contributed by atoms with E-state index >= 15 is 0 Å². The van der Waals surface area contributed by atoms with Gasteiger partial charge in [-0.3, -0.25) is 9.69 Å². The maximum absolute atomic E-state index is 13.6. The molecule has 0 aliphatic carbocycles. The van der Waals surface area contributed by atoms with Gasteiger partial charge in [-0.1, -0.05) is 49.2 Å². The van der Waals surface area contributed by atoms with Crippen molar-refractivity contribution in [2.75, 3.05) is 18.4 Å². The van der Waals surface area contributed by atoms with Crippen molar-refractivity contribution in [1.29, 1.82) is 0 Å². The second-order valence-electron chi connectivity index (χ2n) is 10.2. The largest absolute Gasteiger partial charge is 0.437 e. The normalized spacial score (nSPS) is 15.3. The predicted octanol–water partition coefficient (Wildman–Crippen LogP) is 7.42. The molecule has 1 atom stereocenters. The van der Waals surface area contributed by atoms with E-state index in [1.54, 1.807) is 18.2 Å². The minimum Gasteiger partial charge on any atom is -0.437 e. The van der Waals surface area contributed by atoms with Crippen molar-refractivity contribution in [3.63, 3.8) is 0 Å². The van der Waals surface area contributed by atoms with E-state index < -0.39 is 11.7 Å². The fourth-order valence-corrected chi connectivity index (χ4v) is 5.68. The van der Waals surface area contributed by atoms with Crippen LogP contribution in [0.5, 0.6) is 11.6 Å². The third kappa shape index (κ3) is 7.37. The van der Waals surface area contributed by atoms with Crippen LogP contribution in [0.4, 0.5) is 18.3 Å². The molecule has 1 saturated heterocycles. The quantitative estimate of drug-likeness (QED) is 0.227. The minimum absolute atomic E-state index is 0. The second-order valence-corrected chi connectivity index (χ2v) is 11.3. The van der Waals surface area contributed by atoms with Crippen LogP contribution in [0, 0.1) is 17.8 Å². The molecule has 2 aromatic carbocycles. The zero-order chi connectivity index (χ0) is 29.1. The molecule has 0 saturated carbocycles. The van der Waals surface area contributed by atoms with Crippen LogP contribution in [0.25, 0.3) is 21.5 Å². The first kappa shape index (κ1) is 31.2. The van der Waals surface area contributed by atoms with Gasteiger partial charge in [0.25, 0.3) is 0 Å². The van der Waals surface area contributed by atoms with E-state index in [0.29, 0.717) is 33.6 Å². The molecule has 1 N–H and O–H groups in total. The van der Waals surface area contributed by atoms with Crippen LogP contribution in [-0.2, 0) is 11.0 Å². The molecule has 42 heavy (non-hydrogen) atoms. The Morgan fingerprint density at radius 3 is 2.76 bits per heavy atom. The number of amides is 1. The molecule has 0 unspecified atom stereocenters. The number of thiazole rings is 1. The Bertz CT molecular complexity index is 1650. The predicted molar refractivity (Wildman–Crippen MR) is 160 cm³/mol. The Labute approximate surface area is 251 Å². The van der Waals surface area contributed by atoms with E-state index in [1.165, 1.54) is 30.7 Å². The Kier molecular flexibility index (Phi) is 9.71. The summed E-state index contributed by atoms with van der Waals surface area (Å²) in [4.78, 5) is 26.7. The zero-order valence-corrected chi connectivity index (χ0v) is 24.8. The molecule has 12 heteroatoms. The molecule has 0 spiro atoms. The highest BCUT2D eigenvalue weighted by Gasteiger charge is 2.31. The van der Waals surface area contributed by atoms with E-state index in [-0.39, 0.29) is 35.8 Å². The van der Waals surface area contributed by atoms with Gasteiger partial charge in [-0.15, -0.1) is 12.4 Å². The van der Waals surface area contributed by atoms with Gasteiger partial charge >= 0.3 is 6.18 Å². The molecule has 7 nitrogen and oxygen atoms in total. The average molecular weight is 616 g/mol. The van der Waals surface area contributed by atoms with Gasteiger partial charge in [0, 0.05) is 30.7 Å². The summed E-state index contributed by atoms with van der Waals surface area (Å²) < 4.78 is 47.7. The highest BCUT2D eigenvalue weighted by Crippen LogP contribution is 2.36. The summed E-state index contributed by atoms with van der Waals surface area (Å²) in [6.45, 7) is 7.50. The topological polar surface area (TPSA) is 80.2 Å². The van der Waals surface area contributed by atoms with E-state index in [2.05, 4.69) is 50.9 Å². The lowest BCUT2D eigenvalue weighted by Gasteiger charge is -2.22. The number of halogens is 4. The Morgan fingerprint density at radius 2 is 2.02 bits per heavy atom. The summed E-state index contributed by atoms with van der Waals surface area (Å²) in [5.41, 5.74) is 0.841. The fourth-order valence-electron chi connectivity index (χ4n) is 4.75. The summed E-state index contributed by atoms with van der Waals surface area (Å²) in [6.07, 6.45) is -1.32. The van der Waals surface area contributed by atoms with E-state index in [9.17, 15) is 18.0 Å². The number of rotatable bonds is 6. The van der Waals surface area contributed by atoms with Crippen molar-refractivity contribution in [2.45, 2.75) is 45.8 Å². The van der Waals surface area contributed by atoms with Gasteiger partial charge in [-0.05, 0) is 49.6 Å². The zero-order valence-electron chi connectivity index (χ0n) is 23.2. The molecule has 4 aromatic rings. The van der Waals surface area contributed by atoms with Crippen molar-refractivity contribution in [3.05, 3.63) is 59.9 Å². The number of nitrogens with one attached hydrogen (secondary N) is 1. The van der Waals surface area contributed by atoms with Crippen molar-refractivity contribution in [2.24, 2.45) is 5.92 Å². The van der Waals surface area contributed by atoms with Crippen molar-refractivity contribution >= 4 is 45.0 Å². The number of aromatic nitrogens is 3. The van der Waals surface area contributed by atoms with Crippen LogP contribution in [0.1, 0.15) is 44.7 Å². The number of anilines is 1. The van der Waals surface area contributed by atoms with Gasteiger partial charge in [-0.2, -0.15) is 13.2 Å². The first-order valence-electron chi connectivity index (χ1n) is 13.2. The van der Waals surface area contributed by atoms with Crippen molar-refractivity contribution in [3.8, 4) is 34.7 Å². The van der Waals surface area contributed by atoms with Crippen molar-refractivity contribution in [1.82, 2.24) is 19.9 Å². The molecule has 1 fully saturated rings. The molecule has 0 bridgehead atoms. The number of fused-ring (bicyclic) bond motifs is 1. The van der Waals surface area contributed by atoms with Gasteiger partial charge in [0.05, 0.1) is 22.0 Å². The Hall–Kier alpha value is -3.72. The number of benzene rings is 2. The highest BCUT2D eigenvalue weighted by molar-refractivity contribution is 7.22. The average Bonchev–Trinajstić information content (AvgIpc) is 3.52. The van der Waals surface area contributed by atoms with Crippen LogP contribution in [0.15, 0.2) is 48.8 Å². The van der Waals surface area contributed by atoms with Crippen molar-refractivity contribution < 1.29 is 22.7 Å². The minimum atomic E-state index is -4.51. The van der Waals surface area contributed by atoms with Crippen LogP contribution in [0.2, 0.25) is 0 Å². The summed E-state index contributed by atoms with van der Waals surface area (Å²) in [7, 11) is 0. The molecule has 220 valence electrons. The smallest absolute Gasteiger partial charge is 0.416 e. The van der Waals surface area contributed by atoms with Crippen LogP contribution in [0.3, 0.4) is 0 Å². The number of hydrogen-bond acceptors (Lipinski definition) is 7. The van der Waals surface area contributed by atoms with Gasteiger partial charge < -0.3 is 10.1 Å². The number of hydrogen-bond donors (Lipinski definition) is 1. The summed E-state index contributed by atoms with van der Waals surface area (Å²) in [6, 6.07) is 10.4. The Balaban J connectivity index is 0.00000405. The van der Waals surface area contributed by atoms with Gasteiger partial charge in [0.1, 0.15) is 11.8 Å². The number of ether oxygens (including phenoxy) is 1. The molecule has 1 aliphatic rings. The number of likely N-dealkylation sites (tertiary alicyclic amines) is 1. The summed E-state index contributed by atoms with van der Waals surface area (Å²) in [5, 5.41) is 3.11. The van der Waals surface area contributed by atoms with Crippen LogP contribution < -0.4 is 10.1 Å². The van der Waals surface area contributed by atoms with E-state index in [0.717, 1.165) is 42.8 Å². The van der Waals surface area contributed by atoms with Gasteiger partial charge in [0.2, 0.25) is 11.8 Å². The molecular weight excluding hydrogens is 587 g/mol. The third-order valence-corrected chi connectivity index (χ3v) is 7.42. The molecule has 1 aliphatic heterocycles. The van der Waals surface area contributed by atoms with Crippen LogP contribution >= 0.6 is 23.7 Å². The molecule has 5 rings (SSSR count). The second kappa shape index (κ2) is 13.1. The summed E-state index contributed by atoms with van der Waals surface area (Å²) >= 11 is 1.31. The lowest BCUT2D eigenvalue weighted by atomic mass is 10.0. The monoisotopic (exact) mass is 615 g/mol. The standard InChI is InChI=1S/C30H28F3N5O2S.ClH/c1-18(2)16-38-13-5-6-22(38)11-9-20-14-21(30(31,32)33)10-12-23(20)24-15-27(35-17-34-24)40-25-7-4-8-26-28(25)37-29(41-26)36-19(3)39;/h4,7-8,10,12,14-15,17-18,22H,5-6,13,16H2,1-3H3,(H,36,37,39);1H/t22-;/m0./s1. The fraction of sp³-hybridized carbons (Fsp3) is 0.333. The SMILES string of the molecule is CC(=O)Nc1nc2c(Oc3cc(-c4ccc(C(F)(F)F)cc4C#C[C@@H]4CCCN4CC(C)C)ncn3)cccc2s1.Cl. The van der Waals surface area contributed by atoms with E-state index in [1.807, 2.05) is 6.07 Å². The number of carbonyl (C=O) groups is 1. The maximum Gasteiger partial charge on any atom is 0.416 e. The summed E-state index contributed by atoms with van der Waals surface area (Å²) in [5.74, 6) is 7.11. The molecule has 2 aromatic heterocycles. The van der Waals surface area contributed by atoms with Gasteiger partial charge in [-0.25, -0.2) is 15.0 Å². The first-order chi connectivity index (χ1) is 19.6. The molecule has 0 radical (unpaired) electrons. The molecule has 1 amide bonds. The number of alkyl halides is 3. The Morgan fingerprint density at radius 1 is 1.21 bits per heavy atom. The first-order valence-corrected chi connectivity index (χ1v) is 14.0. The molecule has 3 heterocycles. The number of carbonyl (C=O) groups excluding carboxylic acids is 1. The number of nitrogens with zero attached hydrogens (tertiary/aromatic N) is 4. The maximum atomic E-state index is 13.6. The number of para-hydroxylation sites is 1. The lowest BCUT2D eigenvalue weighted by Crippen LogP contribution is -2.31. The third-order valence-electron chi connectivity index (χ3n) is 6.48. The highest BCUT2D eigenvalue weighted by atomic mass is 35.5. The van der Waals surface area contributed by atoms with E-state index in [4.69, 9.17) is 4.74 Å². The van der Waals surface area contributed by atoms with Crippen LogP contribution in [-0.4, -0.2) is 44.9 Å². The van der Waals surface area contributed by atoms with Gasteiger partial charge in [0.15, 0.2) is 10.9 Å². The molecular formula is C30H29ClF3N5O2S.